The molecule has 8 heteroatoms. The monoisotopic (exact) mass is 431 g/mol. The third-order valence-corrected chi connectivity index (χ3v) is 6.56. The van der Waals surface area contributed by atoms with E-state index in [2.05, 4.69) is 43.5 Å². The molecular weight excluding hydrogens is 402 g/mol. The highest BCUT2D eigenvalue weighted by atomic mass is 32.2. The summed E-state index contributed by atoms with van der Waals surface area (Å²) in [6, 6.07) is 16.8. The van der Waals surface area contributed by atoms with E-state index in [1.54, 1.807) is 24.3 Å². The average molecular weight is 432 g/mol. The van der Waals surface area contributed by atoms with E-state index < -0.39 is 16.0 Å². The molecule has 1 heterocycles. The minimum absolute atomic E-state index is 0.107. The van der Waals surface area contributed by atoms with Crippen LogP contribution in [0.3, 0.4) is 0 Å². The van der Waals surface area contributed by atoms with Crippen molar-refractivity contribution in [2.24, 2.45) is 0 Å². The third kappa shape index (κ3) is 6.55. The second kappa shape index (κ2) is 10.6. The molecule has 162 valence electrons. The molecule has 0 radical (unpaired) electrons. The maximum Gasteiger partial charge on any atom is 0.337 e. The Bertz CT molecular complexity index is 909. The molecule has 0 aliphatic carbocycles. The highest BCUT2D eigenvalue weighted by Gasteiger charge is 2.17. The van der Waals surface area contributed by atoms with Gasteiger partial charge >= 0.3 is 5.97 Å². The molecule has 0 saturated carbocycles. The van der Waals surface area contributed by atoms with Gasteiger partial charge in [-0.25, -0.2) is 17.9 Å². The number of anilines is 1. The van der Waals surface area contributed by atoms with Gasteiger partial charge in [0.05, 0.1) is 18.4 Å². The fraction of sp³-hybridized carbons (Fsp3) is 0.409. The van der Waals surface area contributed by atoms with E-state index >= 15 is 0 Å². The Balaban J connectivity index is 1.36. The van der Waals surface area contributed by atoms with E-state index in [1.807, 2.05) is 6.07 Å². The number of rotatable bonds is 9. The van der Waals surface area contributed by atoms with Gasteiger partial charge in [0.2, 0.25) is 10.0 Å². The maximum atomic E-state index is 12.3. The van der Waals surface area contributed by atoms with Crippen molar-refractivity contribution >= 4 is 21.7 Å². The van der Waals surface area contributed by atoms with Crippen molar-refractivity contribution in [1.29, 1.82) is 0 Å². The van der Waals surface area contributed by atoms with E-state index in [9.17, 15) is 13.2 Å². The van der Waals surface area contributed by atoms with Crippen LogP contribution in [0.25, 0.3) is 0 Å². The lowest BCUT2D eigenvalue weighted by Gasteiger charge is -2.36. The zero-order valence-electron chi connectivity index (χ0n) is 17.3. The number of carbonyl (C=O) groups excluding carboxylic acids is 1. The summed E-state index contributed by atoms with van der Waals surface area (Å²) in [6.45, 7) is 5.22. The van der Waals surface area contributed by atoms with Crippen molar-refractivity contribution < 1.29 is 17.9 Å². The summed E-state index contributed by atoms with van der Waals surface area (Å²) >= 11 is 0. The molecule has 1 fully saturated rings. The number of carbonyl (C=O) groups is 1. The van der Waals surface area contributed by atoms with Crippen molar-refractivity contribution in [3.8, 4) is 0 Å². The number of hydrogen-bond donors (Lipinski definition) is 1. The van der Waals surface area contributed by atoms with Crippen LogP contribution >= 0.6 is 0 Å². The first-order valence-corrected chi connectivity index (χ1v) is 11.8. The summed E-state index contributed by atoms with van der Waals surface area (Å²) in [5.41, 5.74) is 2.29. The van der Waals surface area contributed by atoms with Crippen molar-refractivity contribution in [1.82, 2.24) is 9.62 Å². The molecule has 2 aromatic rings. The predicted octanol–water partition coefficient (Wildman–Crippen LogP) is 2.10. The number of hydrogen-bond acceptors (Lipinski definition) is 6. The average Bonchev–Trinajstić information content (AvgIpc) is 2.77. The Morgan fingerprint density at radius 2 is 1.67 bits per heavy atom. The third-order valence-electron chi connectivity index (χ3n) is 5.20. The first-order chi connectivity index (χ1) is 14.5. The van der Waals surface area contributed by atoms with Gasteiger partial charge in [0.15, 0.2) is 0 Å². The second-order valence-corrected chi connectivity index (χ2v) is 9.17. The minimum Gasteiger partial charge on any atom is -0.465 e. The van der Waals surface area contributed by atoms with Gasteiger partial charge in [-0.1, -0.05) is 30.3 Å². The largest absolute Gasteiger partial charge is 0.465 e. The number of ether oxygens (including phenoxy) is 1. The molecule has 0 aromatic heterocycles. The number of para-hydroxylation sites is 1. The van der Waals surface area contributed by atoms with Gasteiger partial charge in [-0.2, -0.15) is 0 Å². The van der Waals surface area contributed by atoms with Gasteiger partial charge in [0, 0.05) is 38.4 Å². The maximum absolute atomic E-state index is 12.3. The molecule has 0 amide bonds. The van der Waals surface area contributed by atoms with Gasteiger partial charge in [0.25, 0.3) is 0 Å². The van der Waals surface area contributed by atoms with E-state index in [0.717, 1.165) is 39.1 Å². The van der Waals surface area contributed by atoms with Crippen molar-refractivity contribution in [3.05, 3.63) is 65.7 Å². The molecule has 1 N–H and O–H groups in total. The van der Waals surface area contributed by atoms with Crippen LogP contribution in [0.5, 0.6) is 0 Å². The Morgan fingerprint density at radius 3 is 2.30 bits per heavy atom. The summed E-state index contributed by atoms with van der Waals surface area (Å²) in [6.07, 6.45) is 0.770. The summed E-state index contributed by atoms with van der Waals surface area (Å²) in [5, 5.41) is 0. The Hall–Kier alpha value is -2.42. The number of nitrogens with one attached hydrogen (secondary N) is 1. The first kappa shape index (κ1) is 22.3. The van der Waals surface area contributed by atoms with Crippen LogP contribution in [-0.2, 0) is 20.5 Å². The van der Waals surface area contributed by atoms with Gasteiger partial charge < -0.3 is 9.64 Å². The quantitative estimate of drug-likeness (QED) is 0.484. The molecule has 0 spiro atoms. The van der Waals surface area contributed by atoms with Gasteiger partial charge in [-0.05, 0) is 42.8 Å². The van der Waals surface area contributed by atoms with Crippen molar-refractivity contribution in [2.75, 3.05) is 51.3 Å². The summed E-state index contributed by atoms with van der Waals surface area (Å²) in [4.78, 5) is 16.2. The first-order valence-electron chi connectivity index (χ1n) is 10.1. The van der Waals surface area contributed by atoms with Gasteiger partial charge in [0.1, 0.15) is 0 Å². The van der Waals surface area contributed by atoms with E-state index in [1.165, 1.54) is 12.8 Å². The number of benzene rings is 2. The number of esters is 1. The zero-order chi connectivity index (χ0) is 21.4. The van der Waals surface area contributed by atoms with Crippen LogP contribution < -0.4 is 9.62 Å². The lowest BCUT2D eigenvalue weighted by atomic mass is 10.1. The number of sulfonamides is 1. The van der Waals surface area contributed by atoms with Crippen LogP contribution in [0.2, 0.25) is 0 Å². The second-order valence-electron chi connectivity index (χ2n) is 7.36. The van der Waals surface area contributed by atoms with Crippen LogP contribution in [-0.4, -0.2) is 65.7 Å². The Morgan fingerprint density at radius 1 is 1.00 bits per heavy atom. The summed E-state index contributed by atoms with van der Waals surface area (Å²) in [7, 11) is -2.10. The lowest BCUT2D eigenvalue weighted by molar-refractivity contribution is 0.0600. The van der Waals surface area contributed by atoms with Crippen molar-refractivity contribution in [2.45, 2.75) is 12.2 Å². The summed E-state index contributed by atoms with van der Waals surface area (Å²) < 4.78 is 31.9. The fourth-order valence-electron chi connectivity index (χ4n) is 3.52. The highest BCUT2D eigenvalue weighted by molar-refractivity contribution is 7.88. The number of methoxy groups -OCH3 is 1. The minimum atomic E-state index is -3.41. The summed E-state index contributed by atoms with van der Waals surface area (Å²) in [5.74, 6) is -0.545. The van der Waals surface area contributed by atoms with E-state index in [0.29, 0.717) is 17.7 Å². The predicted molar refractivity (Wildman–Crippen MR) is 118 cm³/mol. The van der Waals surface area contributed by atoms with Gasteiger partial charge in [-0.15, -0.1) is 0 Å². The molecule has 0 atom stereocenters. The lowest BCUT2D eigenvalue weighted by Crippen LogP contribution is -2.47. The molecular formula is C22H29N3O4S. The molecule has 1 aliphatic heterocycles. The zero-order valence-corrected chi connectivity index (χ0v) is 18.1. The topological polar surface area (TPSA) is 78.9 Å². The van der Waals surface area contributed by atoms with Gasteiger partial charge in [-0.3, -0.25) is 4.90 Å². The highest BCUT2D eigenvalue weighted by Crippen LogP contribution is 2.15. The van der Waals surface area contributed by atoms with Crippen LogP contribution in [0.1, 0.15) is 22.3 Å². The molecule has 3 rings (SSSR count). The van der Waals surface area contributed by atoms with E-state index in [4.69, 9.17) is 0 Å². The van der Waals surface area contributed by atoms with Crippen LogP contribution in [0.15, 0.2) is 54.6 Å². The number of nitrogens with zero attached hydrogens (tertiary/aromatic N) is 2. The Kier molecular flexibility index (Phi) is 7.84. The molecule has 0 bridgehead atoms. The number of piperazine rings is 1. The SMILES string of the molecule is COC(=O)c1ccc(CS(=O)(=O)NCCCN2CCN(c3ccccc3)CC2)cc1. The molecule has 2 aromatic carbocycles. The van der Waals surface area contributed by atoms with Crippen LogP contribution in [0, 0.1) is 0 Å². The van der Waals surface area contributed by atoms with Crippen LogP contribution in [0.4, 0.5) is 5.69 Å². The molecule has 30 heavy (non-hydrogen) atoms. The molecule has 1 aliphatic rings. The smallest absolute Gasteiger partial charge is 0.337 e. The molecule has 7 nitrogen and oxygen atoms in total. The standard InChI is InChI=1S/C22H29N3O4S/c1-29-22(26)20-10-8-19(9-11-20)18-30(27,28)23-12-5-13-24-14-16-25(17-15-24)21-6-3-2-4-7-21/h2-4,6-11,23H,5,12-18H2,1H3. The molecule has 0 unspecified atom stereocenters. The van der Waals surface area contributed by atoms with Crippen molar-refractivity contribution in [3.63, 3.8) is 0 Å². The Labute approximate surface area is 178 Å². The molecule has 1 saturated heterocycles. The fourth-order valence-corrected chi connectivity index (χ4v) is 4.71. The van der Waals surface area contributed by atoms with E-state index in [-0.39, 0.29) is 5.75 Å². The normalized spacial score (nSPS) is 15.2.